The molecule has 33 heavy (non-hydrogen) atoms. The van der Waals surface area contributed by atoms with Gasteiger partial charge >= 0.3 is 0 Å². The molecule has 0 spiro atoms. The molecule has 174 valence electrons. The highest BCUT2D eigenvalue weighted by Gasteiger charge is 2.20. The monoisotopic (exact) mass is 565 g/mol. The minimum Gasteiger partial charge on any atom is -0.342 e. The quantitative estimate of drug-likeness (QED) is 0.258. The number of carbonyl (C=O) groups excluding carboxylic acids is 2. The van der Waals surface area contributed by atoms with Gasteiger partial charge in [-0.05, 0) is 37.3 Å². The first kappa shape index (κ1) is 25.9. The van der Waals surface area contributed by atoms with Gasteiger partial charge in [-0.3, -0.25) is 9.59 Å². The summed E-state index contributed by atoms with van der Waals surface area (Å²) in [5.74, 6) is -0.143. The molecule has 2 amide bonds. The molecule has 2 aromatic carbocycles. The van der Waals surface area contributed by atoms with E-state index >= 15 is 0 Å². The SMILES string of the molecule is C[C@@H](NC(=O)c1ccc(Cl)cc1Cl)c1nnc(SCC(=O)Nc2cc(Cl)c(Cl)cc2Cl)n1C. The van der Waals surface area contributed by atoms with Crippen molar-refractivity contribution in [3.05, 3.63) is 66.8 Å². The third-order valence-corrected chi connectivity index (χ3v) is 7.00. The van der Waals surface area contributed by atoms with Crippen molar-refractivity contribution in [3.63, 3.8) is 0 Å². The summed E-state index contributed by atoms with van der Waals surface area (Å²) in [6.07, 6.45) is 0. The lowest BCUT2D eigenvalue weighted by Gasteiger charge is -2.14. The molecule has 0 aliphatic rings. The summed E-state index contributed by atoms with van der Waals surface area (Å²) in [7, 11) is 1.74. The number of hydrogen-bond acceptors (Lipinski definition) is 5. The molecule has 0 saturated heterocycles. The van der Waals surface area contributed by atoms with Gasteiger partial charge in [0.2, 0.25) is 5.91 Å². The Bertz CT molecular complexity index is 1220. The van der Waals surface area contributed by atoms with Gasteiger partial charge < -0.3 is 15.2 Å². The van der Waals surface area contributed by atoms with E-state index in [-0.39, 0.29) is 32.6 Å². The number of benzene rings is 2. The zero-order valence-corrected chi connectivity index (χ0v) is 21.7. The second-order valence-electron chi connectivity index (χ2n) is 6.80. The molecule has 3 rings (SSSR count). The van der Waals surface area contributed by atoms with Gasteiger partial charge in [0.15, 0.2) is 11.0 Å². The van der Waals surface area contributed by atoms with Crippen LogP contribution < -0.4 is 10.6 Å². The first-order chi connectivity index (χ1) is 15.6. The van der Waals surface area contributed by atoms with Gasteiger partial charge in [-0.25, -0.2) is 0 Å². The number of nitrogens with one attached hydrogen (secondary N) is 2. The van der Waals surface area contributed by atoms with E-state index in [0.717, 1.165) is 0 Å². The summed E-state index contributed by atoms with van der Waals surface area (Å²) in [6.45, 7) is 1.76. The molecule has 7 nitrogen and oxygen atoms in total. The molecule has 3 aromatic rings. The van der Waals surface area contributed by atoms with Crippen LogP contribution in [0.3, 0.4) is 0 Å². The van der Waals surface area contributed by atoms with Crippen molar-refractivity contribution in [3.8, 4) is 0 Å². The van der Waals surface area contributed by atoms with Crippen molar-refractivity contribution in [2.24, 2.45) is 7.05 Å². The largest absolute Gasteiger partial charge is 0.342 e. The van der Waals surface area contributed by atoms with Gasteiger partial charge in [-0.15, -0.1) is 10.2 Å². The fraction of sp³-hybridized carbons (Fsp3) is 0.200. The first-order valence-electron chi connectivity index (χ1n) is 9.29. The van der Waals surface area contributed by atoms with Crippen LogP contribution in [0, 0.1) is 0 Å². The van der Waals surface area contributed by atoms with Crippen molar-refractivity contribution >= 4 is 87.3 Å². The third kappa shape index (κ3) is 6.47. The van der Waals surface area contributed by atoms with E-state index in [4.69, 9.17) is 58.0 Å². The number of nitrogens with zero attached hydrogens (tertiary/aromatic N) is 3. The highest BCUT2D eigenvalue weighted by molar-refractivity contribution is 7.99. The van der Waals surface area contributed by atoms with E-state index in [1.807, 2.05) is 0 Å². The van der Waals surface area contributed by atoms with Crippen LogP contribution in [-0.2, 0) is 11.8 Å². The fourth-order valence-corrected chi connectivity index (χ4v) is 4.58. The van der Waals surface area contributed by atoms with Gasteiger partial charge in [-0.1, -0.05) is 69.8 Å². The second kappa shape index (κ2) is 11.2. The molecule has 0 radical (unpaired) electrons. The van der Waals surface area contributed by atoms with Crippen LogP contribution in [0.15, 0.2) is 35.5 Å². The predicted molar refractivity (Wildman–Crippen MR) is 134 cm³/mol. The Hall–Kier alpha value is -1.68. The average molecular weight is 568 g/mol. The average Bonchev–Trinajstić information content (AvgIpc) is 3.10. The second-order valence-corrected chi connectivity index (χ2v) is 9.81. The van der Waals surface area contributed by atoms with Gasteiger partial charge in [-0.2, -0.15) is 0 Å². The van der Waals surface area contributed by atoms with Gasteiger partial charge in [0.05, 0.1) is 43.1 Å². The fourth-order valence-electron chi connectivity index (χ4n) is 2.78. The van der Waals surface area contributed by atoms with Crippen LogP contribution in [0.1, 0.15) is 29.1 Å². The van der Waals surface area contributed by atoms with Crippen molar-refractivity contribution < 1.29 is 9.59 Å². The van der Waals surface area contributed by atoms with Crippen LogP contribution in [-0.4, -0.2) is 32.3 Å². The highest BCUT2D eigenvalue weighted by Crippen LogP contribution is 2.32. The van der Waals surface area contributed by atoms with Gasteiger partial charge in [0.1, 0.15) is 0 Å². The van der Waals surface area contributed by atoms with Crippen molar-refractivity contribution in [1.29, 1.82) is 0 Å². The van der Waals surface area contributed by atoms with E-state index < -0.39 is 6.04 Å². The number of hydrogen-bond donors (Lipinski definition) is 2. The van der Waals surface area contributed by atoms with Crippen molar-refractivity contribution in [2.45, 2.75) is 18.1 Å². The first-order valence-corrected chi connectivity index (χ1v) is 12.2. The van der Waals surface area contributed by atoms with Crippen molar-refractivity contribution in [1.82, 2.24) is 20.1 Å². The summed E-state index contributed by atoms with van der Waals surface area (Å²) < 4.78 is 1.69. The smallest absolute Gasteiger partial charge is 0.253 e. The molecular formula is C20H16Cl5N5O2S. The van der Waals surface area contributed by atoms with E-state index in [0.29, 0.717) is 32.3 Å². The van der Waals surface area contributed by atoms with Crippen LogP contribution in [0.2, 0.25) is 25.1 Å². The van der Waals surface area contributed by atoms with E-state index in [1.54, 1.807) is 30.7 Å². The lowest BCUT2D eigenvalue weighted by atomic mass is 10.2. The zero-order chi connectivity index (χ0) is 24.3. The zero-order valence-electron chi connectivity index (χ0n) is 17.1. The molecule has 13 heteroatoms. The minimum absolute atomic E-state index is 0.0453. The summed E-state index contributed by atoms with van der Waals surface area (Å²) in [4.78, 5) is 24.9. The Morgan fingerprint density at radius 1 is 1.00 bits per heavy atom. The Morgan fingerprint density at radius 3 is 2.39 bits per heavy atom. The van der Waals surface area contributed by atoms with Crippen LogP contribution >= 0.6 is 69.8 Å². The van der Waals surface area contributed by atoms with E-state index in [1.165, 1.54) is 30.0 Å². The molecule has 0 bridgehead atoms. The molecule has 1 heterocycles. The molecule has 1 atom stereocenters. The number of halogens is 5. The molecular weight excluding hydrogens is 552 g/mol. The van der Waals surface area contributed by atoms with Crippen molar-refractivity contribution in [2.75, 3.05) is 11.1 Å². The van der Waals surface area contributed by atoms with Crippen LogP contribution in [0.4, 0.5) is 5.69 Å². The number of anilines is 1. The lowest BCUT2D eigenvalue weighted by molar-refractivity contribution is -0.113. The third-order valence-electron chi connectivity index (χ3n) is 4.40. The topological polar surface area (TPSA) is 88.9 Å². The Kier molecular flexibility index (Phi) is 8.77. The maximum absolute atomic E-state index is 12.6. The summed E-state index contributed by atoms with van der Waals surface area (Å²) in [5, 5.41) is 15.8. The van der Waals surface area contributed by atoms with Gasteiger partial charge in [0, 0.05) is 12.1 Å². The highest BCUT2D eigenvalue weighted by atomic mass is 35.5. The molecule has 0 saturated carbocycles. The maximum Gasteiger partial charge on any atom is 0.253 e. The number of thioether (sulfide) groups is 1. The molecule has 0 unspecified atom stereocenters. The minimum atomic E-state index is -0.472. The summed E-state index contributed by atoms with van der Waals surface area (Å²) in [6, 6.07) is 7.09. The maximum atomic E-state index is 12.6. The molecule has 0 aliphatic heterocycles. The predicted octanol–water partition coefficient (Wildman–Crippen LogP) is 6.30. The number of aromatic nitrogens is 3. The number of amides is 2. The Balaban J connectivity index is 1.61. The van der Waals surface area contributed by atoms with Crippen LogP contribution in [0.25, 0.3) is 0 Å². The molecule has 2 N–H and O–H groups in total. The van der Waals surface area contributed by atoms with Crippen LogP contribution in [0.5, 0.6) is 0 Å². The molecule has 1 aromatic heterocycles. The lowest BCUT2D eigenvalue weighted by Crippen LogP contribution is -2.28. The van der Waals surface area contributed by atoms with Gasteiger partial charge in [0.25, 0.3) is 5.91 Å². The normalized spacial score (nSPS) is 11.8. The standard InChI is InChI=1S/C20H16Cl5N5O2S/c1-9(26-19(32)11-4-3-10(21)5-12(11)22)18-28-29-20(30(18)2)33-8-17(31)27-16-7-14(24)13(23)6-15(16)25/h3-7,9H,8H2,1-2H3,(H,26,32)(H,27,31)/t9-/m1/s1. The Morgan fingerprint density at radius 2 is 1.70 bits per heavy atom. The van der Waals surface area contributed by atoms with E-state index in [2.05, 4.69) is 20.8 Å². The Labute approximate surface area is 219 Å². The molecule has 0 aliphatic carbocycles. The number of rotatable bonds is 7. The van der Waals surface area contributed by atoms with E-state index in [9.17, 15) is 9.59 Å². The molecule has 0 fully saturated rings. The summed E-state index contributed by atoms with van der Waals surface area (Å²) in [5.41, 5.74) is 0.648. The number of carbonyl (C=O) groups is 2. The summed E-state index contributed by atoms with van der Waals surface area (Å²) >= 11 is 31.1.